The van der Waals surface area contributed by atoms with Crippen molar-refractivity contribution in [1.29, 1.82) is 0 Å². The molecule has 1 aromatic carbocycles. The van der Waals surface area contributed by atoms with Gasteiger partial charge in [-0.15, -0.1) is 0 Å². The molecule has 3 N–H and O–H groups in total. The van der Waals surface area contributed by atoms with Crippen LogP contribution in [-0.2, 0) is 11.2 Å². The minimum Gasteiger partial charge on any atom is -0.490 e. The van der Waals surface area contributed by atoms with Gasteiger partial charge < -0.3 is 29.5 Å². The van der Waals surface area contributed by atoms with Gasteiger partial charge >= 0.3 is 0 Å². The van der Waals surface area contributed by atoms with Gasteiger partial charge in [0.15, 0.2) is 0 Å². The summed E-state index contributed by atoms with van der Waals surface area (Å²) in [6, 6.07) is 7.60. The van der Waals surface area contributed by atoms with Gasteiger partial charge in [-0.2, -0.15) is 4.98 Å². The zero-order valence-electron chi connectivity index (χ0n) is 21.5. The summed E-state index contributed by atoms with van der Waals surface area (Å²) >= 11 is 0. The first-order valence-electron chi connectivity index (χ1n) is 12.7. The molecule has 1 fully saturated rings. The van der Waals surface area contributed by atoms with Crippen molar-refractivity contribution in [3.8, 4) is 34.5 Å². The first kappa shape index (κ1) is 26.6. The van der Waals surface area contributed by atoms with Crippen LogP contribution in [0.3, 0.4) is 0 Å². The molecule has 2 aromatic heterocycles. The second-order valence-corrected chi connectivity index (χ2v) is 9.34. The smallest absolute Gasteiger partial charge is 0.258 e. The van der Waals surface area contributed by atoms with E-state index in [1.807, 2.05) is 45.0 Å². The maximum absolute atomic E-state index is 11.2. The average molecular weight is 511 g/mol. The molecule has 37 heavy (non-hydrogen) atoms. The van der Waals surface area contributed by atoms with Crippen LogP contribution in [0.4, 0.5) is 0 Å². The van der Waals surface area contributed by atoms with Crippen LogP contribution in [0.15, 0.2) is 28.8 Å². The molecule has 198 valence electrons. The largest absolute Gasteiger partial charge is 0.490 e. The topological polar surface area (TPSA) is 140 Å². The molecule has 0 saturated heterocycles. The highest BCUT2D eigenvalue weighted by molar-refractivity contribution is 5.76. The number of amides is 1. The van der Waals surface area contributed by atoms with Crippen LogP contribution in [-0.4, -0.2) is 63.2 Å². The second-order valence-electron chi connectivity index (χ2n) is 9.34. The Hall–Kier alpha value is -3.50. The molecule has 0 radical (unpaired) electrons. The van der Waals surface area contributed by atoms with Crippen LogP contribution in [0.2, 0.25) is 0 Å². The van der Waals surface area contributed by atoms with E-state index in [2.05, 4.69) is 20.4 Å². The van der Waals surface area contributed by atoms with Gasteiger partial charge in [0.05, 0.1) is 0 Å². The van der Waals surface area contributed by atoms with Crippen LogP contribution in [0.5, 0.6) is 11.6 Å². The monoisotopic (exact) mass is 510 g/mol. The number of hydrogen-bond donors (Lipinski definition) is 3. The third-order valence-corrected chi connectivity index (χ3v) is 6.28. The van der Waals surface area contributed by atoms with Crippen molar-refractivity contribution in [3.05, 3.63) is 41.1 Å². The molecule has 1 aliphatic carbocycles. The molecule has 3 aromatic rings. The Morgan fingerprint density at radius 2 is 1.95 bits per heavy atom. The van der Waals surface area contributed by atoms with E-state index in [-0.39, 0.29) is 19.3 Å². The van der Waals surface area contributed by atoms with E-state index in [0.717, 1.165) is 40.8 Å². The number of aliphatic hydroxyl groups excluding tert-OH is 2. The van der Waals surface area contributed by atoms with Gasteiger partial charge in [-0.25, -0.2) is 4.98 Å². The van der Waals surface area contributed by atoms with Crippen molar-refractivity contribution >= 4 is 5.91 Å². The number of ether oxygens (including phenoxy) is 2. The standard InChI is InChI=1S/C27H34N4O6/c1-4-18-11-19(9-16(2)25(18)35-15-21(33)13-28-23(34)14-32)26-30-27(37-31-26)20-10-17(3)29-24(12-20)36-22-7-5-6-8-22/h9-12,21-22,32-33H,4-8,13-15H2,1-3H3,(H,28,34)/t21-/m0/s1. The van der Waals surface area contributed by atoms with Crippen molar-refractivity contribution in [3.63, 3.8) is 0 Å². The molecule has 10 nitrogen and oxygen atoms in total. The molecule has 10 heteroatoms. The van der Waals surface area contributed by atoms with Crippen molar-refractivity contribution < 1.29 is 29.0 Å². The fourth-order valence-electron chi connectivity index (χ4n) is 4.43. The molecule has 1 atom stereocenters. The number of carbonyl (C=O) groups excluding carboxylic acids is 1. The van der Waals surface area contributed by atoms with Gasteiger partial charge in [-0.3, -0.25) is 4.79 Å². The maximum Gasteiger partial charge on any atom is 0.258 e. The quantitative estimate of drug-likeness (QED) is 0.355. The van der Waals surface area contributed by atoms with Gasteiger partial charge in [0.2, 0.25) is 17.6 Å². The van der Waals surface area contributed by atoms with Crippen LogP contribution in [0.25, 0.3) is 22.8 Å². The molecule has 0 spiro atoms. The van der Waals surface area contributed by atoms with Crippen LogP contribution in [0.1, 0.15) is 49.4 Å². The van der Waals surface area contributed by atoms with Crippen LogP contribution in [0, 0.1) is 13.8 Å². The molecule has 1 aliphatic rings. The van der Waals surface area contributed by atoms with Gasteiger partial charge in [-0.1, -0.05) is 12.1 Å². The summed E-state index contributed by atoms with van der Waals surface area (Å²) in [5, 5.41) is 25.5. The maximum atomic E-state index is 11.2. The zero-order valence-corrected chi connectivity index (χ0v) is 21.5. The van der Waals surface area contributed by atoms with Crippen molar-refractivity contribution in [1.82, 2.24) is 20.4 Å². The van der Waals surface area contributed by atoms with E-state index in [1.165, 1.54) is 12.8 Å². The van der Waals surface area contributed by atoms with E-state index in [0.29, 0.717) is 29.8 Å². The number of hydrogen-bond acceptors (Lipinski definition) is 9. The number of nitrogens with zero attached hydrogens (tertiary/aromatic N) is 3. The zero-order chi connectivity index (χ0) is 26.4. The first-order chi connectivity index (χ1) is 17.9. The van der Waals surface area contributed by atoms with E-state index < -0.39 is 18.6 Å². The molecular formula is C27H34N4O6. The lowest BCUT2D eigenvalue weighted by atomic mass is 10.0. The number of aliphatic hydroxyl groups is 2. The summed E-state index contributed by atoms with van der Waals surface area (Å²) < 4.78 is 17.6. The number of nitrogens with one attached hydrogen (secondary N) is 1. The average Bonchev–Trinajstić information content (AvgIpc) is 3.58. The number of rotatable bonds is 11. The fourth-order valence-corrected chi connectivity index (χ4v) is 4.43. The summed E-state index contributed by atoms with van der Waals surface area (Å²) in [7, 11) is 0. The number of benzene rings is 1. The second kappa shape index (κ2) is 12.2. The molecule has 4 rings (SSSR count). The molecular weight excluding hydrogens is 476 g/mol. The summed E-state index contributed by atoms with van der Waals surface area (Å²) in [5.74, 6) is 1.54. The molecule has 0 aliphatic heterocycles. The summed E-state index contributed by atoms with van der Waals surface area (Å²) in [6.07, 6.45) is 4.45. The fraction of sp³-hybridized carbons (Fsp3) is 0.481. The molecule has 1 amide bonds. The SMILES string of the molecule is CCc1cc(-c2noc(-c3cc(C)nc(OC4CCCC4)c3)n2)cc(C)c1OC[C@@H](O)CNC(=O)CO. The Morgan fingerprint density at radius 3 is 2.68 bits per heavy atom. The lowest BCUT2D eigenvalue weighted by molar-refractivity contribution is -0.124. The van der Waals surface area contributed by atoms with E-state index in [1.54, 1.807) is 0 Å². The summed E-state index contributed by atoms with van der Waals surface area (Å²) in [4.78, 5) is 20.3. The summed E-state index contributed by atoms with van der Waals surface area (Å²) in [6.45, 7) is 5.20. The Balaban J connectivity index is 1.49. The van der Waals surface area contributed by atoms with Gasteiger partial charge in [0.1, 0.15) is 31.2 Å². The lowest BCUT2D eigenvalue weighted by Gasteiger charge is -2.17. The van der Waals surface area contributed by atoms with E-state index in [9.17, 15) is 9.90 Å². The highest BCUT2D eigenvalue weighted by atomic mass is 16.5. The molecule has 2 heterocycles. The predicted octanol–water partition coefficient (Wildman–Crippen LogP) is 3.15. The van der Waals surface area contributed by atoms with Gasteiger partial charge in [0, 0.05) is 29.4 Å². The number of pyridine rings is 1. The highest BCUT2D eigenvalue weighted by Crippen LogP contribution is 2.32. The molecule has 1 saturated carbocycles. The van der Waals surface area contributed by atoms with E-state index in [4.69, 9.17) is 19.1 Å². The summed E-state index contributed by atoms with van der Waals surface area (Å²) in [5.41, 5.74) is 4.16. The third kappa shape index (κ3) is 6.84. The minimum atomic E-state index is -0.912. The normalized spacial score (nSPS) is 14.5. The van der Waals surface area contributed by atoms with Crippen molar-refractivity contribution in [2.75, 3.05) is 19.8 Å². The Bertz CT molecular complexity index is 1220. The lowest BCUT2D eigenvalue weighted by Crippen LogP contribution is -2.36. The Morgan fingerprint density at radius 1 is 1.16 bits per heavy atom. The molecule has 0 bridgehead atoms. The number of carbonyl (C=O) groups is 1. The van der Waals surface area contributed by atoms with E-state index >= 15 is 0 Å². The van der Waals surface area contributed by atoms with Crippen molar-refractivity contribution in [2.24, 2.45) is 0 Å². The van der Waals surface area contributed by atoms with Gasteiger partial charge in [0.25, 0.3) is 5.89 Å². The first-order valence-corrected chi connectivity index (χ1v) is 12.7. The third-order valence-electron chi connectivity index (χ3n) is 6.28. The number of aryl methyl sites for hydroxylation is 3. The Labute approximate surface area is 216 Å². The predicted molar refractivity (Wildman–Crippen MR) is 136 cm³/mol. The minimum absolute atomic E-state index is 0.00207. The highest BCUT2D eigenvalue weighted by Gasteiger charge is 2.20. The van der Waals surface area contributed by atoms with Crippen LogP contribution < -0.4 is 14.8 Å². The number of aromatic nitrogens is 3. The Kier molecular flexibility index (Phi) is 8.73. The van der Waals surface area contributed by atoms with Crippen LogP contribution >= 0.6 is 0 Å². The van der Waals surface area contributed by atoms with Gasteiger partial charge in [-0.05, 0) is 75.3 Å². The van der Waals surface area contributed by atoms with Crippen molar-refractivity contribution in [2.45, 2.75) is 65.1 Å². The molecule has 0 unspecified atom stereocenters.